The van der Waals surface area contributed by atoms with E-state index in [1.54, 1.807) is 12.1 Å². The fourth-order valence-corrected chi connectivity index (χ4v) is 3.80. The van der Waals surface area contributed by atoms with Crippen molar-refractivity contribution in [3.8, 4) is 11.5 Å². The Hall–Kier alpha value is -2.18. The number of aliphatic hydroxyl groups excluding tert-OH is 1. The van der Waals surface area contributed by atoms with Gasteiger partial charge in [0.25, 0.3) is 5.91 Å². The maximum atomic E-state index is 12.7. The number of carbonyl (C=O) groups is 3. The molecular formula is C20H27N2O6P. The Morgan fingerprint density at radius 1 is 1.07 bits per heavy atom. The monoisotopic (exact) mass is 422 g/mol. The van der Waals surface area contributed by atoms with Crippen molar-refractivity contribution in [2.75, 3.05) is 18.5 Å². The van der Waals surface area contributed by atoms with Gasteiger partial charge in [-0.2, -0.15) is 0 Å². The van der Waals surface area contributed by atoms with Gasteiger partial charge in [-0.05, 0) is 18.9 Å². The van der Waals surface area contributed by atoms with E-state index in [1.165, 1.54) is 0 Å². The maximum Gasteiger partial charge on any atom is 0.262 e. The summed E-state index contributed by atoms with van der Waals surface area (Å²) in [6, 6.07) is 3.16. The molecule has 2 heterocycles. The lowest BCUT2D eigenvalue weighted by Gasteiger charge is -2.27. The van der Waals surface area contributed by atoms with Gasteiger partial charge in [-0.3, -0.25) is 19.3 Å². The number of nitrogens with one attached hydrogen (secondary N) is 1. The number of benzene rings is 1. The number of nitrogens with zero attached hydrogens (tertiary/aromatic N) is 1. The molecule has 0 spiro atoms. The van der Waals surface area contributed by atoms with Gasteiger partial charge in [-0.25, -0.2) is 0 Å². The molecule has 0 radical (unpaired) electrons. The fourth-order valence-electron chi connectivity index (χ4n) is 3.66. The first-order chi connectivity index (χ1) is 14.0. The molecule has 1 unspecified atom stereocenters. The van der Waals surface area contributed by atoms with Crippen molar-refractivity contribution in [2.45, 2.75) is 57.5 Å². The number of amides is 3. The number of imide groups is 1. The van der Waals surface area contributed by atoms with Gasteiger partial charge in [-0.15, -0.1) is 0 Å². The molecule has 1 fully saturated rings. The highest BCUT2D eigenvalue weighted by Crippen LogP contribution is 2.40. The maximum absolute atomic E-state index is 12.7. The van der Waals surface area contributed by atoms with Crippen molar-refractivity contribution in [2.24, 2.45) is 0 Å². The number of carbonyl (C=O) groups excluding carboxylic acids is 3. The van der Waals surface area contributed by atoms with Crippen LogP contribution in [0.2, 0.25) is 0 Å². The molecule has 158 valence electrons. The number of aliphatic hydroxyl groups is 1. The predicted octanol–water partition coefficient (Wildman–Crippen LogP) is 2.71. The van der Waals surface area contributed by atoms with Crippen LogP contribution in [-0.4, -0.2) is 40.9 Å². The first-order valence-corrected chi connectivity index (χ1v) is 10.5. The van der Waals surface area contributed by atoms with Crippen molar-refractivity contribution < 1.29 is 28.8 Å². The van der Waals surface area contributed by atoms with E-state index < -0.39 is 6.10 Å². The number of fused-ring (bicyclic) bond motifs is 1. The molecular weight excluding hydrogens is 395 g/mol. The Bertz CT molecular complexity index is 762. The Morgan fingerprint density at radius 3 is 2.31 bits per heavy atom. The van der Waals surface area contributed by atoms with E-state index in [2.05, 4.69) is 14.8 Å². The second-order valence-corrected chi connectivity index (χ2v) is 7.61. The molecule has 2 aliphatic rings. The van der Waals surface area contributed by atoms with Crippen LogP contribution in [0.5, 0.6) is 11.5 Å². The first-order valence-electron chi connectivity index (χ1n) is 9.98. The van der Waals surface area contributed by atoms with Crippen molar-refractivity contribution in [3.05, 3.63) is 17.7 Å². The van der Waals surface area contributed by atoms with E-state index in [1.807, 2.05) is 0 Å². The summed E-state index contributed by atoms with van der Waals surface area (Å²) in [5.74, 6) is -0.129. The van der Waals surface area contributed by atoms with E-state index in [0.29, 0.717) is 22.7 Å². The summed E-state index contributed by atoms with van der Waals surface area (Å²) < 4.78 is 10.7. The van der Waals surface area contributed by atoms with Crippen LogP contribution >= 0.6 is 9.47 Å². The lowest BCUT2D eigenvalue weighted by molar-refractivity contribution is -0.146. The Balaban J connectivity index is 1.84. The average Bonchev–Trinajstić information content (AvgIpc) is 2.74. The van der Waals surface area contributed by atoms with Crippen molar-refractivity contribution in [1.29, 1.82) is 0 Å². The summed E-state index contributed by atoms with van der Waals surface area (Å²) in [5, 5.41) is 13.6. The lowest BCUT2D eigenvalue weighted by Crippen LogP contribution is -2.40. The lowest BCUT2D eigenvalue weighted by atomic mass is 10.0. The zero-order chi connectivity index (χ0) is 20.8. The summed E-state index contributed by atoms with van der Waals surface area (Å²) in [4.78, 5) is 38.1. The number of hydrogen-bond donors (Lipinski definition) is 2. The van der Waals surface area contributed by atoms with Crippen LogP contribution in [0.15, 0.2) is 12.1 Å². The minimum atomic E-state index is -1.17. The number of anilines is 1. The minimum absolute atomic E-state index is 0.165. The van der Waals surface area contributed by atoms with Gasteiger partial charge in [-0.1, -0.05) is 25.7 Å². The normalized spacial score (nSPS) is 19.5. The number of ether oxygens (including phenoxy) is 1. The zero-order valence-corrected chi connectivity index (χ0v) is 17.5. The molecule has 29 heavy (non-hydrogen) atoms. The quantitative estimate of drug-likeness (QED) is 0.571. The van der Waals surface area contributed by atoms with E-state index in [4.69, 9.17) is 9.26 Å². The summed E-state index contributed by atoms with van der Waals surface area (Å²) in [6.45, 7) is -0.336. The largest absolute Gasteiger partial charge is 0.481 e. The molecule has 0 aliphatic carbocycles. The van der Waals surface area contributed by atoms with Gasteiger partial charge in [0, 0.05) is 24.5 Å². The highest BCUT2D eigenvalue weighted by Gasteiger charge is 2.29. The van der Waals surface area contributed by atoms with Gasteiger partial charge >= 0.3 is 0 Å². The molecule has 0 saturated carbocycles. The minimum Gasteiger partial charge on any atom is -0.481 e. The average molecular weight is 422 g/mol. The molecule has 3 amide bonds. The third-order valence-electron chi connectivity index (χ3n) is 5.20. The molecule has 8 nitrogen and oxygen atoms in total. The van der Waals surface area contributed by atoms with Crippen molar-refractivity contribution in [1.82, 2.24) is 4.90 Å². The zero-order valence-electron chi connectivity index (χ0n) is 16.3. The van der Waals surface area contributed by atoms with Crippen molar-refractivity contribution in [3.63, 3.8) is 0 Å². The van der Waals surface area contributed by atoms with Crippen LogP contribution < -0.4 is 14.6 Å². The third kappa shape index (κ3) is 5.46. The van der Waals surface area contributed by atoms with E-state index in [-0.39, 0.29) is 43.7 Å². The molecule has 2 atom stereocenters. The van der Waals surface area contributed by atoms with Crippen LogP contribution in [0.4, 0.5) is 5.69 Å². The number of rotatable bonds is 4. The fraction of sp³-hybridized carbons (Fsp3) is 0.550. The van der Waals surface area contributed by atoms with Crippen LogP contribution in [0, 0.1) is 0 Å². The van der Waals surface area contributed by atoms with Crippen LogP contribution in [0.3, 0.4) is 0 Å². The second kappa shape index (κ2) is 10.0. The highest BCUT2D eigenvalue weighted by atomic mass is 31.0. The summed E-state index contributed by atoms with van der Waals surface area (Å²) >= 11 is 0. The topological polar surface area (TPSA) is 105 Å². The standard InChI is InChI=1S/C20H27N2O6P/c23-16(11-22-18(25)7-5-3-1-2-4-6-8-19(22)26)14-9-13(28-29)10-15-20(14)27-12-17(24)21-15/h9-10,16,23H,1-8,11-12,29H2,(H,21,24)/t16-/m0/s1. The third-order valence-corrected chi connectivity index (χ3v) is 5.47. The van der Waals surface area contributed by atoms with E-state index in [9.17, 15) is 19.5 Å². The molecule has 0 bridgehead atoms. The Morgan fingerprint density at radius 2 is 1.69 bits per heavy atom. The van der Waals surface area contributed by atoms with Crippen LogP contribution in [-0.2, 0) is 14.4 Å². The van der Waals surface area contributed by atoms with E-state index in [0.717, 1.165) is 43.4 Å². The van der Waals surface area contributed by atoms with Crippen LogP contribution in [0.25, 0.3) is 0 Å². The Labute approximate surface area is 172 Å². The van der Waals surface area contributed by atoms with Gasteiger partial charge in [0.15, 0.2) is 6.61 Å². The molecule has 1 aromatic carbocycles. The van der Waals surface area contributed by atoms with Gasteiger partial charge in [0.05, 0.1) is 21.7 Å². The van der Waals surface area contributed by atoms with Gasteiger partial charge in [0.1, 0.15) is 17.6 Å². The predicted molar refractivity (Wildman–Crippen MR) is 110 cm³/mol. The Kier molecular flexibility index (Phi) is 7.45. The van der Waals surface area contributed by atoms with Crippen LogP contribution in [0.1, 0.15) is 63.0 Å². The number of β-amino-alcohol motifs (C(OH)–C–C–N with tert-alkyl or cyclic N) is 1. The number of hydrogen-bond acceptors (Lipinski definition) is 6. The molecule has 9 heteroatoms. The molecule has 1 saturated heterocycles. The summed E-state index contributed by atoms with van der Waals surface area (Å²) in [7, 11) is 2.10. The SMILES string of the molecule is O=C1COc2c(cc(OP)cc2[C@@H](O)CN2C(=O)CCCCCCCCC2=O)N1. The molecule has 3 rings (SSSR count). The van der Waals surface area contributed by atoms with Gasteiger partial charge < -0.3 is 19.7 Å². The first kappa shape index (κ1) is 21.5. The molecule has 1 aromatic rings. The molecule has 2 aliphatic heterocycles. The molecule has 2 N–H and O–H groups in total. The van der Waals surface area contributed by atoms with Crippen molar-refractivity contribution >= 4 is 32.9 Å². The molecule has 0 aromatic heterocycles. The summed E-state index contributed by atoms with van der Waals surface area (Å²) in [6.07, 6.45) is 4.95. The smallest absolute Gasteiger partial charge is 0.262 e. The van der Waals surface area contributed by atoms with E-state index >= 15 is 0 Å². The van der Waals surface area contributed by atoms with Gasteiger partial charge in [0.2, 0.25) is 11.8 Å². The second-order valence-electron chi connectivity index (χ2n) is 7.38. The highest BCUT2D eigenvalue weighted by molar-refractivity contribution is 7.10. The summed E-state index contributed by atoms with van der Waals surface area (Å²) in [5.41, 5.74) is 0.736.